The van der Waals surface area contributed by atoms with Gasteiger partial charge in [-0.2, -0.15) is 0 Å². The normalized spacial score (nSPS) is 19.4. The molecule has 1 aliphatic heterocycles. The number of carboxylic acid groups (broad SMARTS) is 1. The van der Waals surface area contributed by atoms with Crippen molar-refractivity contribution in [2.75, 3.05) is 14.2 Å². The lowest BCUT2D eigenvalue weighted by molar-refractivity contribution is -0.160. The van der Waals surface area contributed by atoms with Crippen LogP contribution in [0.3, 0.4) is 0 Å². The first-order valence-corrected chi connectivity index (χ1v) is 7.50. The summed E-state index contributed by atoms with van der Waals surface area (Å²) in [5.74, 6) is -10.8. The van der Waals surface area contributed by atoms with Crippen LogP contribution in [0.25, 0.3) is 0 Å². The number of carbonyl (C=O) groups is 4. The minimum atomic E-state index is -1.80. The number of benzene rings is 1. The first-order valence-electron chi connectivity index (χ1n) is 7.50. The summed E-state index contributed by atoms with van der Waals surface area (Å²) in [5.41, 5.74) is -0.888. The van der Waals surface area contributed by atoms with E-state index in [1.165, 1.54) is 0 Å². The van der Waals surface area contributed by atoms with Crippen molar-refractivity contribution >= 4 is 23.9 Å². The van der Waals surface area contributed by atoms with Crippen LogP contribution < -0.4 is 0 Å². The van der Waals surface area contributed by atoms with E-state index in [0.717, 1.165) is 20.3 Å². The zero-order valence-electron chi connectivity index (χ0n) is 14.2. The number of ether oxygens (including phenoxy) is 3. The molecule has 0 amide bonds. The average molecular weight is 384 g/mol. The second-order valence-corrected chi connectivity index (χ2v) is 5.66. The highest BCUT2D eigenvalue weighted by molar-refractivity contribution is 5.98. The van der Waals surface area contributed by atoms with Crippen LogP contribution >= 0.6 is 0 Å². The molecule has 146 valence electrons. The highest BCUT2D eigenvalue weighted by Gasteiger charge is 2.50. The number of carboxylic acids is 1. The molecule has 2 rings (SSSR count). The van der Waals surface area contributed by atoms with Crippen LogP contribution in [-0.4, -0.2) is 64.6 Å². The molecule has 0 bridgehead atoms. The van der Waals surface area contributed by atoms with Crippen molar-refractivity contribution in [1.82, 2.24) is 0 Å². The van der Waals surface area contributed by atoms with Crippen LogP contribution in [0.4, 0.5) is 0 Å². The topological polar surface area (TPSA) is 177 Å². The Morgan fingerprint density at radius 3 is 2.30 bits per heavy atom. The number of phenolic OH excluding ortho intramolecular Hbond substituents is 3. The Kier molecular flexibility index (Phi) is 5.43. The van der Waals surface area contributed by atoms with Crippen LogP contribution in [0.2, 0.25) is 0 Å². The third kappa shape index (κ3) is 3.43. The van der Waals surface area contributed by atoms with E-state index in [0.29, 0.717) is 0 Å². The summed E-state index contributed by atoms with van der Waals surface area (Å²) in [6.07, 6.45) is -2.64. The molecule has 0 unspecified atom stereocenters. The quantitative estimate of drug-likeness (QED) is 0.302. The molecule has 0 saturated carbocycles. The highest BCUT2D eigenvalue weighted by Crippen LogP contribution is 2.49. The van der Waals surface area contributed by atoms with Crippen LogP contribution in [0.15, 0.2) is 6.07 Å². The maximum atomic E-state index is 12.2. The molecule has 1 heterocycles. The number of hydrogen-bond donors (Lipinski definition) is 4. The van der Waals surface area contributed by atoms with Gasteiger partial charge < -0.3 is 34.6 Å². The lowest BCUT2D eigenvalue weighted by Crippen LogP contribution is -2.44. The minimum Gasteiger partial charge on any atom is -0.504 e. The molecular formula is C16H16O11. The molecule has 27 heavy (non-hydrogen) atoms. The summed E-state index contributed by atoms with van der Waals surface area (Å²) in [4.78, 5) is 47.7. The lowest BCUT2D eigenvalue weighted by atomic mass is 9.76. The number of carbonyl (C=O) groups excluding carboxylic acids is 3. The van der Waals surface area contributed by atoms with E-state index < -0.39 is 76.6 Å². The molecule has 0 fully saturated rings. The molecule has 0 aliphatic carbocycles. The summed E-state index contributed by atoms with van der Waals surface area (Å²) >= 11 is 0. The molecule has 0 saturated heterocycles. The summed E-state index contributed by atoms with van der Waals surface area (Å²) in [6, 6.07) is 0.766. The average Bonchev–Trinajstić information content (AvgIpc) is 2.63. The predicted octanol–water partition coefficient (Wildman–Crippen LogP) is -0.137. The van der Waals surface area contributed by atoms with E-state index >= 15 is 0 Å². The lowest BCUT2D eigenvalue weighted by Gasteiger charge is -2.35. The predicted molar refractivity (Wildman–Crippen MR) is 83.2 cm³/mol. The second-order valence-electron chi connectivity index (χ2n) is 5.66. The first-order chi connectivity index (χ1) is 12.6. The summed E-state index contributed by atoms with van der Waals surface area (Å²) in [5, 5.41) is 38.8. The monoisotopic (exact) mass is 384 g/mol. The van der Waals surface area contributed by atoms with Crippen molar-refractivity contribution in [2.24, 2.45) is 5.92 Å². The largest absolute Gasteiger partial charge is 0.504 e. The molecule has 1 aliphatic rings. The molecule has 11 heteroatoms. The number of rotatable bonds is 5. The maximum Gasteiger partial charge on any atom is 0.347 e. The number of esters is 3. The third-order valence-corrected chi connectivity index (χ3v) is 4.17. The Bertz CT molecular complexity index is 813. The van der Waals surface area contributed by atoms with Gasteiger partial charge in [0, 0.05) is 5.56 Å². The molecular weight excluding hydrogens is 368 g/mol. The summed E-state index contributed by atoms with van der Waals surface area (Å²) < 4.78 is 14.1. The number of aromatic hydroxyl groups is 3. The van der Waals surface area contributed by atoms with Gasteiger partial charge in [-0.1, -0.05) is 0 Å². The van der Waals surface area contributed by atoms with Crippen LogP contribution in [0.1, 0.15) is 28.3 Å². The van der Waals surface area contributed by atoms with Crippen molar-refractivity contribution < 1.29 is 53.8 Å². The van der Waals surface area contributed by atoms with Crippen molar-refractivity contribution in [2.45, 2.75) is 18.4 Å². The van der Waals surface area contributed by atoms with Gasteiger partial charge in [0.05, 0.1) is 38.0 Å². The van der Waals surface area contributed by atoms with Crippen LogP contribution in [0.5, 0.6) is 17.2 Å². The Morgan fingerprint density at radius 1 is 1.15 bits per heavy atom. The molecule has 0 radical (unpaired) electrons. The van der Waals surface area contributed by atoms with Crippen molar-refractivity contribution in [1.29, 1.82) is 0 Å². The van der Waals surface area contributed by atoms with Gasteiger partial charge in [0.25, 0.3) is 0 Å². The molecule has 0 spiro atoms. The first kappa shape index (κ1) is 19.8. The zero-order valence-corrected chi connectivity index (χ0v) is 14.2. The summed E-state index contributed by atoms with van der Waals surface area (Å²) in [6.45, 7) is 0. The second kappa shape index (κ2) is 7.40. The number of methoxy groups -OCH3 is 2. The van der Waals surface area contributed by atoms with Crippen LogP contribution in [-0.2, 0) is 28.6 Å². The highest BCUT2D eigenvalue weighted by atomic mass is 16.6. The van der Waals surface area contributed by atoms with Crippen molar-refractivity contribution in [3.8, 4) is 17.2 Å². The molecule has 1 aromatic carbocycles. The minimum absolute atomic E-state index is 0.436. The van der Waals surface area contributed by atoms with Crippen molar-refractivity contribution in [3.05, 3.63) is 17.2 Å². The van der Waals surface area contributed by atoms with Crippen LogP contribution in [0, 0.1) is 5.92 Å². The van der Waals surface area contributed by atoms with Gasteiger partial charge in [-0.25, -0.2) is 9.59 Å². The van der Waals surface area contributed by atoms with Gasteiger partial charge in [-0.15, -0.1) is 0 Å². The fourth-order valence-electron chi connectivity index (χ4n) is 2.99. The van der Waals surface area contributed by atoms with Gasteiger partial charge in [0.2, 0.25) is 11.9 Å². The van der Waals surface area contributed by atoms with Gasteiger partial charge in [-0.05, 0) is 6.07 Å². The van der Waals surface area contributed by atoms with Gasteiger partial charge in [0.15, 0.2) is 11.5 Å². The van der Waals surface area contributed by atoms with Gasteiger partial charge in [-0.3, -0.25) is 9.59 Å². The fraction of sp³-hybridized carbons (Fsp3) is 0.375. The Labute approximate surface area is 151 Å². The van der Waals surface area contributed by atoms with E-state index in [-0.39, 0.29) is 0 Å². The smallest absolute Gasteiger partial charge is 0.347 e. The number of cyclic esters (lactones) is 1. The molecule has 11 nitrogen and oxygen atoms in total. The fourth-order valence-corrected chi connectivity index (χ4v) is 2.99. The number of hydrogen-bond acceptors (Lipinski definition) is 10. The Balaban J connectivity index is 2.79. The van der Waals surface area contributed by atoms with E-state index in [9.17, 15) is 34.5 Å². The molecule has 0 aromatic heterocycles. The number of aliphatic carboxylic acids is 1. The molecule has 4 N–H and O–H groups in total. The molecule has 3 atom stereocenters. The number of phenols is 3. The SMILES string of the molecule is COC(=O)[C@H]1OC(=O)c2cc(O)c(O)c(O)c2[C@@H]1[C@@H](CC(=O)O)C(=O)OC. The zero-order chi connectivity index (χ0) is 20.5. The van der Waals surface area contributed by atoms with E-state index in [4.69, 9.17) is 9.84 Å². The van der Waals surface area contributed by atoms with E-state index in [1.807, 2.05) is 0 Å². The Morgan fingerprint density at radius 2 is 1.78 bits per heavy atom. The third-order valence-electron chi connectivity index (χ3n) is 4.17. The number of fused-ring (bicyclic) bond motifs is 1. The van der Waals surface area contributed by atoms with Gasteiger partial charge in [0.1, 0.15) is 0 Å². The Hall–Kier alpha value is -3.50. The van der Waals surface area contributed by atoms with Gasteiger partial charge >= 0.3 is 23.9 Å². The summed E-state index contributed by atoms with van der Waals surface area (Å²) in [7, 11) is 1.95. The van der Waals surface area contributed by atoms with E-state index in [1.54, 1.807) is 0 Å². The maximum absolute atomic E-state index is 12.2. The molecule has 1 aromatic rings. The standard InChI is InChI=1S/C16H16O11/c1-25-14(22)6(4-8(18)19)10-9-5(3-7(17)11(20)12(9)21)15(23)27-13(10)16(24)26-2/h3,6,10,13,17,20-21H,4H2,1-2H3,(H,18,19)/t6-,10+,13+/m1/s1. The van der Waals surface area contributed by atoms with Crippen molar-refractivity contribution in [3.63, 3.8) is 0 Å². The van der Waals surface area contributed by atoms with E-state index in [2.05, 4.69) is 9.47 Å².